The molecule has 0 fully saturated rings. The molecule has 0 N–H and O–H groups in total. The van der Waals surface area contributed by atoms with Crippen LogP contribution < -0.4 is 0 Å². The van der Waals surface area contributed by atoms with Gasteiger partial charge in [-0.25, -0.2) is 12.2 Å². The minimum absolute atomic E-state index is 0. The van der Waals surface area contributed by atoms with Gasteiger partial charge in [-0.05, 0) is 0 Å². The van der Waals surface area contributed by atoms with Gasteiger partial charge in [0.1, 0.15) is 0 Å². The van der Waals surface area contributed by atoms with Gasteiger partial charge in [-0.3, -0.25) is 6.08 Å². The zero-order valence-corrected chi connectivity index (χ0v) is 19.0. The number of fused-ring (bicyclic) bond motifs is 1. The van der Waals surface area contributed by atoms with E-state index in [1.54, 1.807) is 0 Å². The van der Waals surface area contributed by atoms with Gasteiger partial charge in [0.25, 0.3) is 0 Å². The second kappa shape index (κ2) is 17.9. The van der Waals surface area contributed by atoms with Gasteiger partial charge in [0.2, 0.25) is 0 Å². The van der Waals surface area contributed by atoms with E-state index in [9.17, 15) is 0 Å². The normalized spacial score (nSPS) is 9.72. The molecule has 0 unspecified atom stereocenters. The summed E-state index contributed by atoms with van der Waals surface area (Å²) in [7, 11) is 0. The van der Waals surface area contributed by atoms with Gasteiger partial charge < -0.3 is 0 Å². The summed E-state index contributed by atoms with van der Waals surface area (Å²) in [5.74, 6) is 0. The van der Waals surface area contributed by atoms with E-state index in [4.69, 9.17) is 0 Å². The quantitative estimate of drug-likeness (QED) is 0.275. The second-order valence-corrected chi connectivity index (χ2v) is 4.64. The van der Waals surface area contributed by atoms with Gasteiger partial charge in [0, 0.05) is 0 Å². The number of benzene rings is 2. The fraction of sp³-hybridized carbons (Fsp3) is 0.0476. The molecule has 0 aliphatic heterocycles. The summed E-state index contributed by atoms with van der Waals surface area (Å²) < 4.78 is 0. The van der Waals surface area contributed by atoms with Crippen molar-refractivity contribution in [1.29, 1.82) is 0 Å². The summed E-state index contributed by atoms with van der Waals surface area (Å²) in [5.41, 5.74) is 1.07. The maximum Gasteiger partial charge on any atom is -0.0809 e. The van der Waals surface area contributed by atoms with Crippen LogP contribution in [-0.4, -0.2) is 6.88 Å². The Kier molecular flexibility index (Phi) is 18.8. The zero-order chi connectivity index (χ0) is 16.8. The number of allylic oxidation sites excluding steroid dienone is 4. The van der Waals surface area contributed by atoms with Crippen LogP contribution in [0.5, 0.6) is 0 Å². The summed E-state index contributed by atoms with van der Waals surface area (Å²) in [6.45, 7) is 6.78. The van der Waals surface area contributed by atoms with Crippen molar-refractivity contribution in [2.45, 2.75) is 6.42 Å². The van der Waals surface area contributed by atoms with Crippen molar-refractivity contribution >= 4 is 42.5 Å². The second-order valence-electron chi connectivity index (χ2n) is 4.64. The fourth-order valence-electron chi connectivity index (χ4n) is 1.89. The molecule has 0 aromatic heterocycles. The largest absolute Gasteiger partial charge is 0.168 e. The molecule has 2 radical (unpaired) electrons. The summed E-state index contributed by atoms with van der Waals surface area (Å²) >= 11 is 1.36. The van der Waals surface area contributed by atoms with E-state index >= 15 is 0 Å². The van der Waals surface area contributed by atoms with Crippen LogP contribution >= 0.6 is 24.8 Å². The molecule has 1 aliphatic rings. The van der Waals surface area contributed by atoms with Crippen molar-refractivity contribution in [3.8, 4) is 0 Å². The van der Waals surface area contributed by atoms with E-state index in [0.29, 0.717) is 0 Å². The van der Waals surface area contributed by atoms with Gasteiger partial charge in [-0.2, -0.15) is 48.2 Å². The molecule has 4 rings (SSSR count). The zero-order valence-electron chi connectivity index (χ0n) is 13.9. The molecule has 4 heteroatoms. The molecule has 3 aromatic carbocycles. The van der Waals surface area contributed by atoms with Crippen LogP contribution in [0.3, 0.4) is 0 Å². The first kappa shape index (κ1) is 26.3. The number of halogens is 2. The molecule has 0 saturated carbocycles. The molecule has 25 heavy (non-hydrogen) atoms. The third-order valence-corrected chi connectivity index (χ3v) is 2.98. The van der Waals surface area contributed by atoms with Crippen molar-refractivity contribution in [2.75, 3.05) is 0 Å². The fourth-order valence-corrected chi connectivity index (χ4v) is 1.89. The average Bonchev–Trinajstić information content (AvgIpc) is 3.32. The standard InChI is InChI=1S/C9H7.C7H7.C5H5.2ClH.Si.Zr/c1-2-5-9-7-3-6-8(9)4-1;1-7-5-3-2-4-6-7;1-2-4-5-3-1;;;;/h1-7H;2-6H,1H2;1-3H,4H2;2*1H;;/q3*-1;;;;. The van der Waals surface area contributed by atoms with E-state index in [1.807, 2.05) is 42.5 Å². The Labute approximate surface area is 180 Å². The molecule has 0 saturated heterocycles. The molecule has 0 atom stereocenters. The van der Waals surface area contributed by atoms with Gasteiger partial charge in [-0.15, -0.1) is 73.0 Å². The molecule has 130 valence electrons. The molecule has 1 aliphatic carbocycles. The maximum atomic E-state index is 3.72. The van der Waals surface area contributed by atoms with E-state index in [2.05, 4.69) is 68.4 Å². The SMILES string of the molecule is Cl.Cl.[C-]1=CC=CC1.[CH2-]c1ccccc1.[Si]=[Zr].c1ccc2[cH-]ccc2c1. The van der Waals surface area contributed by atoms with Crippen molar-refractivity contribution < 1.29 is 23.3 Å². The van der Waals surface area contributed by atoms with Crippen LogP contribution in [0.25, 0.3) is 10.8 Å². The van der Waals surface area contributed by atoms with Crippen molar-refractivity contribution in [2.24, 2.45) is 0 Å². The number of rotatable bonds is 0. The van der Waals surface area contributed by atoms with Crippen LogP contribution in [0.4, 0.5) is 0 Å². The van der Waals surface area contributed by atoms with Gasteiger partial charge in [0.15, 0.2) is 0 Å². The van der Waals surface area contributed by atoms with Crippen molar-refractivity contribution in [1.82, 2.24) is 0 Å². The minimum atomic E-state index is 0. The molecular formula is C21H21Cl2SiZr-3. The first-order valence-corrected chi connectivity index (χ1v) is 11.5. The monoisotopic (exact) mass is 461 g/mol. The van der Waals surface area contributed by atoms with E-state index < -0.39 is 0 Å². The third kappa shape index (κ3) is 12.1. The third-order valence-electron chi connectivity index (χ3n) is 2.98. The predicted octanol–water partition coefficient (Wildman–Crippen LogP) is 6.19. The van der Waals surface area contributed by atoms with Crippen LogP contribution in [0.1, 0.15) is 12.0 Å². The van der Waals surface area contributed by atoms with Crippen LogP contribution in [0.15, 0.2) is 91.0 Å². The van der Waals surface area contributed by atoms with Gasteiger partial charge >= 0.3 is 30.2 Å². The number of hydrogen-bond donors (Lipinski definition) is 0. The maximum absolute atomic E-state index is 3.72. The summed E-state index contributed by atoms with van der Waals surface area (Å²) in [6, 6.07) is 24.5. The summed E-state index contributed by atoms with van der Waals surface area (Å²) in [4.78, 5) is 0. The average molecular weight is 464 g/mol. The van der Waals surface area contributed by atoms with E-state index in [1.165, 1.54) is 34.1 Å². The Morgan fingerprint density at radius 1 is 0.920 bits per heavy atom. The molecule has 0 heterocycles. The Morgan fingerprint density at radius 2 is 1.56 bits per heavy atom. The Balaban J connectivity index is 0. The Morgan fingerprint density at radius 3 is 2.00 bits per heavy atom. The minimum Gasteiger partial charge on any atom is -0.168 e. The van der Waals surface area contributed by atoms with Gasteiger partial charge in [-0.1, -0.05) is 12.1 Å². The molecule has 0 nitrogen and oxygen atoms in total. The molecule has 0 bridgehead atoms. The van der Waals surface area contributed by atoms with Crippen LogP contribution in [0, 0.1) is 13.0 Å². The first-order valence-electron chi connectivity index (χ1n) is 7.30. The molecule has 0 amide bonds. The van der Waals surface area contributed by atoms with Crippen LogP contribution in [-0.2, 0) is 23.3 Å². The van der Waals surface area contributed by atoms with Gasteiger partial charge in [0.05, 0.1) is 0 Å². The first-order chi connectivity index (χ1) is 11.4. The molecule has 0 spiro atoms. The van der Waals surface area contributed by atoms with E-state index in [-0.39, 0.29) is 24.8 Å². The Hall–Kier alpha value is -0.920. The van der Waals surface area contributed by atoms with E-state index in [0.717, 1.165) is 12.0 Å². The molecular weight excluding hydrogens is 442 g/mol. The summed E-state index contributed by atoms with van der Waals surface area (Å²) in [6.07, 6.45) is 10.0. The topological polar surface area (TPSA) is 0 Å². The van der Waals surface area contributed by atoms with Crippen molar-refractivity contribution in [3.05, 3.63) is 110 Å². The smallest absolute Gasteiger partial charge is 0.0809 e. The van der Waals surface area contributed by atoms with Crippen LogP contribution in [0.2, 0.25) is 0 Å². The van der Waals surface area contributed by atoms with Crippen molar-refractivity contribution in [3.63, 3.8) is 0 Å². The summed E-state index contributed by atoms with van der Waals surface area (Å²) in [5, 5.41) is 2.66. The molecule has 3 aromatic rings. The Bertz CT molecular complexity index is 681. The predicted molar refractivity (Wildman–Crippen MR) is 112 cm³/mol. The number of hydrogen-bond acceptors (Lipinski definition) is 0.